The number of aliphatic hydroxyl groups is 1. The van der Waals surface area contributed by atoms with E-state index < -0.39 is 12.6 Å². The van der Waals surface area contributed by atoms with Gasteiger partial charge in [-0.25, -0.2) is 4.98 Å². The molecule has 0 unspecified atom stereocenters. The van der Waals surface area contributed by atoms with Crippen molar-refractivity contribution >= 4 is 11.0 Å². The van der Waals surface area contributed by atoms with Gasteiger partial charge in [0.1, 0.15) is 12.4 Å². The predicted octanol–water partition coefficient (Wildman–Crippen LogP) is 2.40. The van der Waals surface area contributed by atoms with Crippen molar-refractivity contribution in [3.8, 4) is 0 Å². The van der Waals surface area contributed by atoms with E-state index in [9.17, 15) is 13.2 Å². The van der Waals surface area contributed by atoms with Crippen molar-refractivity contribution in [2.75, 3.05) is 0 Å². The molecule has 110 valence electrons. The summed E-state index contributed by atoms with van der Waals surface area (Å²) in [4.78, 5) is 7.13. The number of alkyl halides is 3. The van der Waals surface area contributed by atoms with Gasteiger partial charge in [-0.2, -0.15) is 13.2 Å². The fraction of sp³-hybridized carbons (Fsp3) is 0.462. The van der Waals surface area contributed by atoms with Gasteiger partial charge in [0.15, 0.2) is 0 Å². The van der Waals surface area contributed by atoms with Gasteiger partial charge in [0, 0.05) is 13.0 Å². The Balaban J connectivity index is 2.30. The number of aliphatic hydroxyl groups excluding tert-OH is 1. The van der Waals surface area contributed by atoms with E-state index in [-0.39, 0.29) is 26.0 Å². The summed E-state index contributed by atoms with van der Waals surface area (Å²) in [7, 11) is 0. The molecule has 4 N–H and O–H groups in total. The number of hydrogen-bond acceptors (Lipinski definition) is 3. The maximum atomic E-state index is 12.2. The van der Waals surface area contributed by atoms with Gasteiger partial charge in [-0.05, 0) is 30.0 Å². The summed E-state index contributed by atoms with van der Waals surface area (Å²) < 4.78 is 36.7. The van der Waals surface area contributed by atoms with E-state index in [1.54, 1.807) is 12.1 Å². The van der Waals surface area contributed by atoms with Crippen molar-refractivity contribution in [1.82, 2.24) is 9.97 Å². The number of fused-ring (bicyclic) bond motifs is 1. The number of hydrogen-bond donors (Lipinski definition) is 3. The smallest absolute Gasteiger partial charge is 0.388 e. The highest BCUT2D eigenvalue weighted by atomic mass is 19.4. The first-order valence-corrected chi connectivity index (χ1v) is 6.31. The molecule has 0 saturated heterocycles. The third-order valence-corrected chi connectivity index (χ3v) is 3.16. The number of H-pyrrole nitrogens is 1. The Hall–Kier alpha value is -1.60. The number of aromatic nitrogens is 2. The number of nitrogens with one attached hydrogen (secondary N) is 1. The van der Waals surface area contributed by atoms with Crippen LogP contribution in [0.1, 0.15) is 29.8 Å². The summed E-state index contributed by atoms with van der Waals surface area (Å²) in [6, 6.07) is 3.56. The minimum Gasteiger partial charge on any atom is -0.388 e. The zero-order valence-electron chi connectivity index (χ0n) is 10.8. The molecule has 0 bridgehead atoms. The van der Waals surface area contributed by atoms with Crippen LogP contribution in [-0.4, -0.2) is 21.3 Å². The van der Waals surface area contributed by atoms with Crippen molar-refractivity contribution in [3.05, 3.63) is 29.1 Å². The summed E-state index contributed by atoms with van der Waals surface area (Å²) in [5.74, 6) is 0.395. The number of aromatic amines is 1. The Morgan fingerprint density at radius 3 is 2.65 bits per heavy atom. The van der Waals surface area contributed by atoms with E-state index in [1.807, 2.05) is 0 Å². The molecule has 0 saturated carbocycles. The van der Waals surface area contributed by atoms with E-state index in [2.05, 4.69) is 9.97 Å². The Bertz CT molecular complexity index is 592. The van der Waals surface area contributed by atoms with Crippen molar-refractivity contribution < 1.29 is 18.3 Å². The number of halogens is 3. The molecule has 4 nitrogen and oxygen atoms in total. The Morgan fingerprint density at radius 1 is 1.30 bits per heavy atom. The second kappa shape index (κ2) is 5.80. The van der Waals surface area contributed by atoms with Crippen molar-refractivity contribution in [1.29, 1.82) is 0 Å². The van der Waals surface area contributed by atoms with E-state index in [0.29, 0.717) is 16.9 Å². The SMILES string of the molecule is NCc1ccc2[nH]c(CO)nc2c1CCCC(F)(F)F. The molecule has 0 spiro atoms. The van der Waals surface area contributed by atoms with Gasteiger partial charge in [-0.1, -0.05) is 6.07 Å². The molecule has 0 aliphatic heterocycles. The molecule has 0 aliphatic carbocycles. The third kappa shape index (κ3) is 3.29. The molecule has 1 heterocycles. The summed E-state index contributed by atoms with van der Waals surface area (Å²) in [6.45, 7) is 0.00718. The molecule has 2 rings (SSSR count). The third-order valence-electron chi connectivity index (χ3n) is 3.16. The summed E-state index contributed by atoms with van der Waals surface area (Å²) in [6.07, 6.45) is -4.72. The quantitative estimate of drug-likeness (QED) is 0.790. The predicted molar refractivity (Wildman–Crippen MR) is 68.9 cm³/mol. The van der Waals surface area contributed by atoms with Gasteiger partial charge in [0.2, 0.25) is 0 Å². The van der Waals surface area contributed by atoms with Gasteiger partial charge in [-0.15, -0.1) is 0 Å². The molecule has 1 aromatic carbocycles. The minimum atomic E-state index is -4.15. The largest absolute Gasteiger partial charge is 0.389 e. The molecule has 0 radical (unpaired) electrons. The fourth-order valence-electron chi connectivity index (χ4n) is 2.24. The zero-order chi connectivity index (χ0) is 14.8. The minimum absolute atomic E-state index is 0.00304. The molecule has 7 heteroatoms. The van der Waals surface area contributed by atoms with Crippen molar-refractivity contribution in [3.63, 3.8) is 0 Å². The lowest BCUT2D eigenvalue weighted by Gasteiger charge is -2.10. The molecule has 0 amide bonds. The first-order chi connectivity index (χ1) is 9.44. The highest BCUT2D eigenvalue weighted by Crippen LogP contribution is 2.26. The Labute approximate surface area is 113 Å². The lowest BCUT2D eigenvalue weighted by Crippen LogP contribution is -2.08. The van der Waals surface area contributed by atoms with E-state index in [1.165, 1.54) is 0 Å². The van der Waals surface area contributed by atoms with E-state index in [4.69, 9.17) is 10.8 Å². The van der Waals surface area contributed by atoms with Crippen LogP contribution >= 0.6 is 0 Å². The lowest BCUT2D eigenvalue weighted by atomic mass is 10.00. The highest BCUT2D eigenvalue weighted by Gasteiger charge is 2.26. The monoisotopic (exact) mass is 287 g/mol. The number of nitrogens with zero attached hydrogens (tertiary/aromatic N) is 1. The normalized spacial score (nSPS) is 12.2. The van der Waals surface area contributed by atoms with E-state index >= 15 is 0 Å². The highest BCUT2D eigenvalue weighted by molar-refractivity contribution is 5.80. The molecular formula is C13H16F3N3O. The van der Waals surface area contributed by atoms with E-state index in [0.717, 1.165) is 11.1 Å². The van der Waals surface area contributed by atoms with Gasteiger partial charge in [0.25, 0.3) is 0 Å². The summed E-state index contributed by atoms with van der Waals surface area (Å²) in [5.41, 5.74) is 8.44. The average molecular weight is 287 g/mol. The molecule has 2 aromatic rings. The maximum Gasteiger partial charge on any atom is 0.389 e. The standard InChI is InChI=1S/C13H16F3N3O/c14-13(15,16)5-1-2-9-8(6-17)3-4-10-12(9)19-11(7-20)18-10/h3-4,20H,1-2,5-7,17H2,(H,18,19). The van der Waals surface area contributed by atoms with Crippen molar-refractivity contribution in [2.24, 2.45) is 5.73 Å². The van der Waals surface area contributed by atoms with Crippen molar-refractivity contribution in [2.45, 2.75) is 38.6 Å². The number of rotatable bonds is 5. The van der Waals surface area contributed by atoms with Crippen LogP contribution in [0.15, 0.2) is 12.1 Å². The van der Waals surface area contributed by atoms with Gasteiger partial charge >= 0.3 is 6.18 Å². The van der Waals surface area contributed by atoms with Gasteiger partial charge in [0.05, 0.1) is 11.0 Å². The number of imidazole rings is 1. The second-order valence-corrected chi connectivity index (χ2v) is 4.61. The van der Waals surface area contributed by atoms with Gasteiger partial charge in [-0.3, -0.25) is 0 Å². The topological polar surface area (TPSA) is 74.9 Å². The Kier molecular flexibility index (Phi) is 4.29. The molecule has 0 fully saturated rings. The van der Waals surface area contributed by atoms with Crippen LogP contribution in [0, 0.1) is 0 Å². The van der Waals surface area contributed by atoms with Gasteiger partial charge < -0.3 is 15.8 Å². The molecule has 1 aromatic heterocycles. The molecular weight excluding hydrogens is 271 g/mol. The number of aryl methyl sites for hydroxylation is 1. The Morgan fingerprint density at radius 2 is 2.05 bits per heavy atom. The maximum absolute atomic E-state index is 12.2. The van der Waals surface area contributed by atoms with Crippen LogP contribution < -0.4 is 5.73 Å². The van der Waals surface area contributed by atoms with Crippen LogP contribution in [0.4, 0.5) is 13.2 Å². The lowest BCUT2D eigenvalue weighted by molar-refractivity contribution is -0.135. The van der Waals surface area contributed by atoms with Crippen LogP contribution in [-0.2, 0) is 19.6 Å². The zero-order valence-corrected chi connectivity index (χ0v) is 10.8. The summed E-state index contributed by atoms with van der Waals surface area (Å²) in [5, 5.41) is 9.07. The average Bonchev–Trinajstić information content (AvgIpc) is 2.80. The van der Waals surface area contributed by atoms with Crippen LogP contribution in [0.5, 0.6) is 0 Å². The van der Waals surface area contributed by atoms with Crippen LogP contribution in [0.25, 0.3) is 11.0 Å². The molecule has 20 heavy (non-hydrogen) atoms. The molecule has 0 atom stereocenters. The molecule has 0 aliphatic rings. The summed E-state index contributed by atoms with van der Waals surface area (Å²) >= 11 is 0. The van der Waals surface area contributed by atoms with Crippen LogP contribution in [0.2, 0.25) is 0 Å². The first-order valence-electron chi connectivity index (χ1n) is 6.31. The second-order valence-electron chi connectivity index (χ2n) is 4.61. The number of nitrogens with two attached hydrogens (primary N) is 1. The fourth-order valence-corrected chi connectivity index (χ4v) is 2.24. The first kappa shape index (κ1) is 14.8. The van der Waals surface area contributed by atoms with Crippen LogP contribution in [0.3, 0.4) is 0 Å². The number of benzene rings is 1.